The Morgan fingerprint density at radius 2 is 2.27 bits per heavy atom. The molecule has 2 bridgehead atoms. The van der Waals surface area contributed by atoms with E-state index >= 15 is 0 Å². The third-order valence-electron chi connectivity index (χ3n) is 3.20. The monoisotopic (exact) mass is 212 g/mol. The molecule has 15 heavy (non-hydrogen) atoms. The molecule has 0 aromatic carbocycles. The van der Waals surface area contributed by atoms with Crippen LogP contribution in [0, 0.1) is 11.8 Å². The summed E-state index contributed by atoms with van der Waals surface area (Å²) in [5, 5.41) is 6.26. The van der Waals surface area contributed by atoms with Gasteiger partial charge in [0.2, 0.25) is 0 Å². The predicted octanol–water partition coefficient (Wildman–Crippen LogP) is 1.12. The minimum Gasteiger partial charge on any atom is -0.444 e. The molecule has 86 valence electrons. The molecule has 4 heteroatoms. The maximum Gasteiger partial charge on any atom is 0.407 e. The van der Waals surface area contributed by atoms with E-state index in [-0.39, 0.29) is 6.09 Å². The van der Waals surface area contributed by atoms with E-state index in [1.807, 2.05) is 20.8 Å². The molecule has 0 spiro atoms. The van der Waals surface area contributed by atoms with Gasteiger partial charge in [-0.3, -0.25) is 0 Å². The Morgan fingerprint density at radius 1 is 1.53 bits per heavy atom. The van der Waals surface area contributed by atoms with Gasteiger partial charge in [0.05, 0.1) is 0 Å². The van der Waals surface area contributed by atoms with Crippen molar-refractivity contribution in [2.75, 3.05) is 13.1 Å². The summed E-state index contributed by atoms with van der Waals surface area (Å²) in [5.74, 6) is 1.39. The van der Waals surface area contributed by atoms with Crippen molar-refractivity contribution >= 4 is 6.09 Å². The van der Waals surface area contributed by atoms with Gasteiger partial charge < -0.3 is 15.4 Å². The van der Waals surface area contributed by atoms with E-state index < -0.39 is 5.60 Å². The van der Waals surface area contributed by atoms with E-state index in [1.54, 1.807) is 0 Å². The molecule has 0 unspecified atom stereocenters. The van der Waals surface area contributed by atoms with Crippen LogP contribution in [-0.4, -0.2) is 30.8 Å². The van der Waals surface area contributed by atoms with Crippen LogP contribution in [0.3, 0.4) is 0 Å². The minimum atomic E-state index is -0.402. The Balaban J connectivity index is 1.68. The van der Waals surface area contributed by atoms with Crippen molar-refractivity contribution < 1.29 is 9.53 Å². The fraction of sp³-hybridized carbons (Fsp3) is 0.909. The lowest BCUT2D eigenvalue weighted by Crippen LogP contribution is -2.45. The first-order chi connectivity index (χ1) is 6.96. The van der Waals surface area contributed by atoms with Crippen molar-refractivity contribution in [3.63, 3.8) is 0 Å². The van der Waals surface area contributed by atoms with Gasteiger partial charge in [0.1, 0.15) is 5.60 Å². The van der Waals surface area contributed by atoms with Crippen LogP contribution in [0.15, 0.2) is 0 Å². The molecular weight excluding hydrogens is 192 g/mol. The summed E-state index contributed by atoms with van der Waals surface area (Å²) in [6, 6.07) is 0.630. The number of carbonyl (C=O) groups excluding carboxylic acids is 1. The van der Waals surface area contributed by atoms with E-state index in [9.17, 15) is 4.79 Å². The Morgan fingerprint density at radius 3 is 2.73 bits per heavy atom. The summed E-state index contributed by atoms with van der Waals surface area (Å²) < 4.78 is 5.18. The molecule has 3 aliphatic rings. The highest BCUT2D eigenvalue weighted by atomic mass is 16.6. The number of hydrogen-bond acceptors (Lipinski definition) is 3. The summed E-state index contributed by atoms with van der Waals surface area (Å²) in [5.41, 5.74) is -0.402. The summed E-state index contributed by atoms with van der Waals surface area (Å²) in [6.07, 6.45) is 0.981. The van der Waals surface area contributed by atoms with Gasteiger partial charge in [-0.1, -0.05) is 0 Å². The zero-order chi connectivity index (χ0) is 11.1. The van der Waals surface area contributed by atoms with Crippen LogP contribution in [-0.2, 0) is 4.74 Å². The largest absolute Gasteiger partial charge is 0.444 e. The van der Waals surface area contributed by atoms with Gasteiger partial charge in [-0.05, 0) is 45.6 Å². The van der Waals surface area contributed by atoms with Gasteiger partial charge in [-0.2, -0.15) is 0 Å². The van der Waals surface area contributed by atoms with Crippen LogP contribution in [0.25, 0.3) is 0 Å². The number of alkyl carbamates (subject to hydrolysis) is 1. The van der Waals surface area contributed by atoms with Gasteiger partial charge in [-0.15, -0.1) is 0 Å². The second-order valence-corrected chi connectivity index (χ2v) is 5.56. The minimum absolute atomic E-state index is 0.297. The third-order valence-corrected chi connectivity index (χ3v) is 3.20. The molecule has 2 aliphatic heterocycles. The first kappa shape index (κ1) is 10.7. The number of amides is 1. The van der Waals surface area contributed by atoms with Gasteiger partial charge in [0.25, 0.3) is 0 Å². The highest BCUT2D eigenvalue weighted by molar-refractivity contribution is 5.67. The molecule has 4 nitrogen and oxygen atoms in total. The quantitative estimate of drug-likeness (QED) is 0.721. The van der Waals surface area contributed by atoms with Gasteiger partial charge in [0, 0.05) is 12.6 Å². The number of rotatable bonds is 2. The van der Waals surface area contributed by atoms with Crippen molar-refractivity contribution in [3.8, 4) is 0 Å². The van der Waals surface area contributed by atoms with Crippen LogP contribution < -0.4 is 10.6 Å². The lowest BCUT2D eigenvalue weighted by atomic mass is 9.74. The van der Waals surface area contributed by atoms with Crippen LogP contribution in [0.4, 0.5) is 4.79 Å². The number of fused-ring (bicyclic) bond motifs is 1. The topological polar surface area (TPSA) is 50.4 Å². The first-order valence-electron chi connectivity index (χ1n) is 5.66. The SMILES string of the molecule is CC(C)(C)OC(=O)NC[C@@H]1[C@@H]2CN[C@H]1C2. The maximum absolute atomic E-state index is 11.4. The van der Waals surface area contributed by atoms with E-state index in [2.05, 4.69) is 10.6 Å². The average Bonchev–Trinajstić information content (AvgIpc) is 2.59. The zero-order valence-corrected chi connectivity index (χ0v) is 9.67. The number of nitrogens with one attached hydrogen (secondary N) is 2. The molecule has 0 aromatic rings. The number of hydrogen-bond donors (Lipinski definition) is 2. The van der Waals surface area contributed by atoms with Crippen LogP contribution >= 0.6 is 0 Å². The van der Waals surface area contributed by atoms with Gasteiger partial charge in [0.15, 0.2) is 0 Å². The molecule has 3 fully saturated rings. The van der Waals surface area contributed by atoms with Crippen LogP contribution in [0.1, 0.15) is 27.2 Å². The Kier molecular flexibility index (Phi) is 2.63. The summed E-state index contributed by atoms with van der Waals surface area (Å²) in [4.78, 5) is 11.4. The lowest BCUT2D eigenvalue weighted by Gasteiger charge is -2.34. The van der Waals surface area contributed by atoms with Crippen molar-refractivity contribution in [1.82, 2.24) is 10.6 Å². The second-order valence-electron chi connectivity index (χ2n) is 5.56. The molecule has 2 N–H and O–H groups in total. The highest BCUT2D eigenvalue weighted by Crippen LogP contribution is 2.39. The molecule has 2 heterocycles. The smallest absolute Gasteiger partial charge is 0.407 e. The van der Waals surface area contributed by atoms with Crippen molar-refractivity contribution in [2.24, 2.45) is 11.8 Å². The zero-order valence-electron chi connectivity index (χ0n) is 9.67. The van der Waals surface area contributed by atoms with Crippen molar-refractivity contribution in [2.45, 2.75) is 38.8 Å². The average molecular weight is 212 g/mol. The molecule has 1 saturated carbocycles. The van der Waals surface area contributed by atoms with Crippen LogP contribution in [0.2, 0.25) is 0 Å². The predicted molar refractivity (Wildman–Crippen MR) is 57.6 cm³/mol. The van der Waals surface area contributed by atoms with E-state index in [0.717, 1.165) is 19.0 Å². The summed E-state index contributed by atoms with van der Waals surface area (Å²) in [7, 11) is 0. The normalized spacial score (nSPS) is 33.4. The molecule has 3 atom stereocenters. The highest BCUT2D eigenvalue weighted by Gasteiger charge is 2.46. The van der Waals surface area contributed by atoms with E-state index in [1.165, 1.54) is 6.42 Å². The molecule has 0 aromatic heterocycles. The maximum atomic E-state index is 11.4. The van der Waals surface area contributed by atoms with Crippen LogP contribution in [0.5, 0.6) is 0 Å². The molecule has 1 aliphatic carbocycles. The third kappa shape index (κ3) is 2.43. The van der Waals surface area contributed by atoms with Crippen molar-refractivity contribution in [3.05, 3.63) is 0 Å². The van der Waals surface area contributed by atoms with E-state index in [4.69, 9.17) is 4.74 Å². The van der Waals surface area contributed by atoms with Crippen molar-refractivity contribution in [1.29, 1.82) is 0 Å². The Hall–Kier alpha value is -0.770. The number of ether oxygens (including phenoxy) is 1. The molecule has 1 amide bonds. The van der Waals surface area contributed by atoms with E-state index in [0.29, 0.717) is 12.0 Å². The fourth-order valence-corrected chi connectivity index (χ4v) is 2.40. The molecule has 2 saturated heterocycles. The first-order valence-corrected chi connectivity index (χ1v) is 5.66. The summed E-state index contributed by atoms with van der Waals surface area (Å²) in [6.45, 7) is 7.49. The van der Waals surface area contributed by atoms with Gasteiger partial charge in [-0.25, -0.2) is 4.79 Å². The fourth-order valence-electron chi connectivity index (χ4n) is 2.40. The second kappa shape index (κ2) is 3.67. The summed E-state index contributed by atoms with van der Waals surface area (Å²) >= 11 is 0. The molecule has 0 radical (unpaired) electrons. The Bertz CT molecular complexity index is 246. The standard InChI is InChI=1S/C11H20N2O2/c1-11(2,3)15-10(14)13-6-8-7-4-9(8)12-5-7/h7-9,12H,4-6H2,1-3H3,(H,13,14)/t7-,8+,9-/m0/s1. The molecule has 3 rings (SSSR count). The Labute approximate surface area is 90.8 Å². The number of carbonyl (C=O) groups is 1. The van der Waals surface area contributed by atoms with Gasteiger partial charge >= 0.3 is 6.09 Å². The lowest BCUT2D eigenvalue weighted by molar-refractivity contribution is 0.0499. The molecular formula is C11H20N2O2.